The number of aliphatic hydroxyl groups excluding tert-OH is 1. The van der Waals surface area contributed by atoms with Crippen molar-refractivity contribution < 1.29 is 15.0 Å². The number of anilines is 1. The number of carboxylic acids is 1. The van der Waals surface area contributed by atoms with Crippen LogP contribution in [0.2, 0.25) is 0 Å². The summed E-state index contributed by atoms with van der Waals surface area (Å²) in [5, 5.41) is 19.2. The molecule has 5 heteroatoms. The fourth-order valence-corrected chi connectivity index (χ4v) is 2.52. The minimum absolute atomic E-state index is 0.220. The average molecular weight is 264 g/mol. The molecule has 0 saturated carbocycles. The third kappa shape index (κ3) is 2.71. The van der Waals surface area contributed by atoms with Crippen LogP contribution in [0.3, 0.4) is 0 Å². The summed E-state index contributed by atoms with van der Waals surface area (Å²) < 4.78 is 0. The maximum Gasteiger partial charge on any atom is 0.339 e. The summed E-state index contributed by atoms with van der Waals surface area (Å²) in [6.45, 7) is 7.14. The molecule has 1 aromatic heterocycles. The van der Waals surface area contributed by atoms with Gasteiger partial charge in [0.15, 0.2) is 0 Å². The molecular weight excluding hydrogens is 244 g/mol. The van der Waals surface area contributed by atoms with Crippen molar-refractivity contribution >= 4 is 11.7 Å². The lowest BCUT2D eigenvalue weighted by atomic mass is 9.81. The van der Waals surface area contributed by atoms with Gasteiger partial charge < -0.3 is 15.1 Å². The normalized spacial score (nSPS) is 22.3. The van der Waals surface area contributed by atoms with Crippen molar-refractivity contribution in [3.8, 4) is 0 Å². The van der Waals surface area contributed by atoms with E-state index in [0.29, 0.717) is 25.2 Å². The van der Waals surface area contributed by atoms with Gasteiger partial charge in [-0.25, -0.2) is 4.79 Å². The molecule has 0 spiro atoms. The highest BCUT2D eigenvalue weighted by molar-refractivity contribution is 5.94. The average Bonchev–Trinajstić information content (AvgIpc) is 2.32. The van der Waals surface area contributed by atoms with Crippen LogP contribution in [0.25, 0.3) is 0 Å². The Morgan fingerprint density at radius 1 is 1.53 bits per heavy atom. The standard InChI is InChI=1S/C14H20N2O3/c1-9-6-11(10(7-15-9)13(18)19)16-5-4-12(17)14(2,3)8-16/h6-7,12,17H,4-5,8H2,1-3H3,(H,18,19). The van der Waals surface area contributed by atoms with Gasteiger partial charge in [0.2, 0.25) is 0 Å². The lowest BCUT2D eigenvalue weighted by Gasteiger charge is -2.43. The van der Waals surface area contributed by atoms with Crippen LogP contribution >= 0.6 is 0 Å². The Labute approximate surface area is 112 Å². The lowest BCUT2D eigenvalue weighted by molar-refractivity contribution is 0.0335. The number of aliphatic hydroxyl groups is 1. The highest BCUT2D eigenvalue weighted by Gasteiger charge is 2.35. The van der Waals surface area contributed by atoms with Gasteiger partial charge in [-0.05, 0) is 19.4 Å². The lowest BCUT2D eigenvalue weighted by Crippen LogP contribution is -2.49. The Balaban J connectivity index is 2.36. The highest BCUT2D eigenvalue weighted by atomic mass is 16.4. The van der Waals surface area contributed by atoms with Gasteiger partial charge in [0.25, 0.3) is 0 Å². The van der Waals surface area contributed by atoms with Gasteiger partial charge in [-0.3, -0.25) is 4.98 Å². The molecular formula is C14H20N2O3. The molecule has 2 heterocycles. The number of rotatable bonds is 2. The van der Waals surface area contributed by atoms with Gasteiger partial charge in [-0.1, -0.05) is 13.8 Å². The van der Waals surface area contributed by atoms with E-state index in [9.17, 15) is 15.0 Å². The number of aromatic carboxylic acids is 1. The first-order chi connectivity index (χ1) is 8.81. The molecule has 0 aromatic carbocycles. The SMILES string of the molecule is Cc1cc(N2CCC(O)C(C)(C)C2)c(C(=O)O)cn1. The molecule has 1 aliphatic rings. The van der Waals surface area contributed by atoms with Gasteiger partial charge in [0.05, 0.1) is 11.8 Å². The molecule has 1 aliphatic heterocycles. The molecule has 0 aliphatic carbocycles. The highest BCUT2D eigenvalue weighted by Crippen LogP contribution is 2.33. The first-order valence-corrected chi connectivity index (χ1v) is 6.44. The number of carbonyl (C=O) groups is 1. The van der Waals surface area contributed by atoms with E-state index < -0.39 is 5.97 Å². The van der Waals surface area contributed by atoms with Crippen LogP contribution in [0.15, 0.2) is 12.3 Å². The smallest absolute Gasteiger partial charge is 0.339 e. The fourth-order valence-electron chi connectivity index (χ4n) is 2.52. The van der Waals surface area contributed by atoms with Crippen LogP contribution in [-0.2, 0) is 0 Å². The largest absolute Gasteiger partial charge is 0.478 e. The maximum absolute atomic E-state index is 11.3. The second-order valence-corrected chi connectivity index (χ2v) is 5.86. The molecule has 2 N–H and O–H groups in total. The number of piperidine rings is 1. The molecule has 1 atom stereocenters. The van der Waals surface area contributed by atoms with Crippen molar-refractivity contribution in [2.75, 3.05) is 18.0 Å². The topological polar surface area (TPSA) is 73.7 Å². The molecule has 0 radical (unpaired) electrons. The summed E-state index contributed by atoms with van der Waals surface area (Å²) in [5.74, 6) is -0.966. The van der Waals surface area contributed by atoms with E-state index in [1.165, 1.54) is 6.20 Å². The van der Waals surface area contributed by atoms with E-state index >= 15 is 0 Å². The molecule has 0 amide bonds. The van der Waals surface area contributed by atoms with Crippen LogP contribution < -0.4 is 4.90 Å². The monoisotopic (exact) mass is 264 g/mol. The van der Waals surface area contributed by atoms with E-state index in [4.69, 9.17) is 0 Å². The number of hydrogen-bond acceptors (Lipinski definition) is 4. The van der Waals surface area contributed by atoms with E-state index in [0.717, 1.165) is 5.69 Å². The second kappa shape index (κ2) is 4.81. The van der Waals surface area contributed by atoms with Gasteiger partial charge in [-0.2, -0.15) is 0 Å². The summed E-state index contributed by atoms with van der Waals surface area (Å²) in [4.78, 5) is 17.4. The summed E-state index contributed by atoms with van der Waals surface area (Å²) in [5.41, 5.74) is 1.47. The minimum atomic E-state index is -0.966. The van der Waals surface area contributed by atoms with Crippen LogP contribution in [-0.4, -0.2) is 40.4 Å². The van der Waals surface area contributed by atoms with Crippen molar-refractivity contribution in [1.82, 2.24) is 4.98 Å². The van der Waals surface area contributed by atoms with Gasteiger partial charge >= 0.3 is 5.97 Å². The first kappa shape index (κ1) is 13.8. The van der Waals surface area contributed by atoms with Crippen molar-refractivity contribution in [2.24, 2.45) is 5.41 Å². The zero-order valence-corrected chi connectivity index (χ0v) is 11.6. The Hall–Kier alpha value is -1.62. The zero-order valence-electron chi connectivity index (χ0n) is 11.6. The zero-order chi connectivity index (χ0) is 14.2. The van der Waals surface area contributed by atoms with E-state index in [1.807, 2.05) is 25.7 Å². The summed E-state index contributed by atoms with van der Waals surface area (Å²) in [6.07, 6.45) is 1.71. The number of aryl methyl sites for hydroxylation is 1. The number of nitrogens with zero attached hydrogens (tertiary/aromatic N) is 2. The van der Waals surface area contributed by atoms with Gasteiger partial charge in [0.1, 0.15) is 5.56 Å². The maximum atomic E-state index is 11.3. The molecule has 1 fully saturated rings. The molecule has 0 bridgehead atoms. The molecule has 104 valence electrons. The molecule has 1 unspecified atom stereocenters. The van der Waals surface area contributed by atoms with Crippen LogP contribution in [0.1, 0.15) is 36.3 Å². The van der Waals surface area contributed by atoms with E-state index in [1.54, 1.807) is 6.07 Å². The fraction of sp³-hybridized carbons (Fsp3) is 0.571. The summed E-state index contributed by atoms with van der Waals surface area (Å²) in [7, 11) is 0. The quantitative estimate of drug-likeness (QED) is 0.850. The van der Waals surface area contributed by atoms with Crippen molar-refractivity contribution in [3.05, 3.63) is 23.5 Å². The number of pyridine rings is 1. The molecule has 19 heavy (non-hydrogen) atoms. The Bertz CT molecular complexity index is 499. The first-order valence-electron chi connectivity index (χ1n) is 6.44. The Morgan fingerprint density at radius 2 is 2.21 bits per heavy atom. The number of aromatic nitrogens is 1. The van der Waals surface area contributed by atoms with Crippen LogP contribution in [0.4, 0.5) is 5.69 Å². The van der Waals surface area contributed by atoms with E-state index in [-0.39, 0.29) is 17.1 Å². The Kier molecular flexibility index (Phi) is 3.49. The van der Waals surface area contributed by atoms with Gasteiger partial charge in [0, 0.05) is 30.4 Å². The molecule has 2 rings (SSSR count). The summed E-state index contributed by atoms with van der Waals surface area (Å²) >= 11 is 0. The molecule has 1 saturated heterocycles. The predicted molar refractivity (Wildman–Crippen MR) is 72.6 cm³/mol. The van der Waals surface area contributed by atoms with Crippen molar-refractivity contribution in [3.63, 3.8) is 0 Å². The summed E-state index contributed by atoms with van der Waals surface area (Å²) in [6, 6.07) is 1.80. The van der Waals surface area contributed by atoms with Crippen LogP contribution in [0, 0.1) is 12.3 Å². The van der Waals surface area contributed by atoms with Crippen LogP contribution in [0.5, 0.6) is 0 Å². The van der Waals surface area contributed by atoms with E-state index in [2.05, 4.69) is 4.98 Å². The number of hydrogen-bond donors (Lipinski definition) is 2. The third-order valence-corrected chi connectivity index (χ3v) is 3.76. The van der Waals surface area contributed by atoms with Crippen molar-refractivity contribution in [1.29, 1.82) is 0 Å². The second-order valence-electron chi connectivity index (χ2n) is 5.86. The Morgan fingerprint density at radius 3 is 2.79 bits per heavy atom. The van der Waals surface area contributed by atoms with Gasteiger partial charge in [-0.15, -0.1) is 0 Å². The number of carboxylic acid groups (broad SMARTS) is 1. The predicted octanol–water partition coefficient (Wildman–Crippen LogP) is 1.69. The molecule has 1 aromatic rings. The molecule has 5 nitrogen and oxygen atoms in total. The van der Waals surface area contributed by atoms with Crippen molar-refractivity contribution in [2.45, 2.75) is 33.3 Å². The minimum Gasteiger partial charge on any atom is -0.478 e. The third-order valence-electron chi connectivity index (χ3n) is 3.76.